The van der Waals surface area contributed by atoms with Crippen LogP contribution in [0.1, 0.15) is 16.7 Å². The first-order valence-corrected chi connectivity index (χ1v) is 10.2. The van der Waals surface area contributed by atoms with Crippen LogP contribution in [0.3, 0.4) is 0 Å². The molecule has 1 saturated heterocycles. The van der Waals surface area contributed by atoms with Crippen molar-refractivity contribution >= 4 is 27.3 Å². The Bertz CT molecular complexity index is 939. The Morgan fingerprint density at radius 1 is 1.00 bits per heavy atom. The van der Waals surface area contributed by atoms with Crippen molar-refractivity contribution in [2.75, 3.05) is 16.6 Å². The number of hydrazine groups is 1. The third kappa shape index (κ3) is 4.65. The van der Waals surface area contributed by atoms with Crippen LogP contribution < -0.4 is 20.9 Å². The van der Waals surface area contributed by atoms with Crippen LogP contribution in [0.2, 0.25) is 0 Å². The Balaban J connectivity index is 1.76. The van der Waals surface area contributed by atoms with Crippen LogP contribution in [0.25, 0.3) is 0 Å². The van der Waals surface area contributed by atoms with Gasteiger partial charge in [-0.1, -0.05) is 18.2 Å². The highest BCUT2D eigenvalue weighted by Crippen LogP contribution is 2.22. The van der Waals surface area contributed by atoms with E-state index in [0.717, 1.165) is 16.7 Å². The first-order chi connectivity index (χ1) is 12.7. The van der Waals surface area contributed by atoms with Crippen molar-refractivity contribution in [3.63, 3.8) is 0 Å². The molecule has 0 bridgehead atoms. The summed E-state index contributed by atoms with van der Waals surface area (Å²) in [4.78, 5) is 12.7. The highest BCUT2D eigenvalue weighted by atomic mass is 32.2. The molecule has 2 atom stereocenters. The molecular formula is C19H24N4O3S. The first kappa shape index (κ1) is 19.3. The normalized spacial score (nSPS) is 19.7. The summed E-state index contributed by atoms with van der Waals surface area (Å²) in [5.74, 6) is -1.12. The number of hydrogen-bond donors (Lipinski definition) is 4. The van der Waals surface area contributed by atoms with Gasteiger partial charge in [0.2, 0.25) is 5.91 Å². The molecule has 7 nitrogen and oxygen atoms in total. The Labute approximate surface area is 159 Å². The third-order valence-electron chi connectivity index (χ3n) is 4.37. The van der Waals surface area contributed by atoms with Crippen LogP contribution in [0.4, 0.5) is 11.4 Å². The number of aryl methyl sites for hydroxylation is 3. The second-order valence-corrected chi connectivity index (χ2v) is 8.74. The van der Waals surface area contributed by atoms with Crippen molar-refractivity contribution in [2.24, 2.45) is 5.92 Å². The Hall–Kier alpha value is -2.42. The van der Waals surface area contributed by atoms with Gasteiger partial charge in [-0.15, -0.1) is 0 Å². The van der Waals surface area contributed by atoms with Crippen LogP contribution in [0.15, 0.2) is 42.5 Å². The molecule has 1 aliphatic rings. The van der Waals surface area contributed by atoms with Crippen molar-refractivity contribution in [3.8, 4) is 0 Å². The minimum absolute atomic E-state index is 0.218. The second-order valence-electron chi connectivity index (χ2n) is 6.93. The standard InChI is InChI=1S/C19H24N4O3S/c1-12-5-4-6-15(8-12)21-18(24)17-11-20-22-19(17)27(25,26)23-16-9-13(2)7-14(3)10-16/h4-10,17,19-20,22-23H,11H2,1-3H3,(H,21,24). The molecule has 1 fully saturated rings. The van der Waals surface area contributed by atoms with Gasteiger partial charge in [0.25, 0.3) is 10.0 Å². The molecule has 2 unspecified atom stereocenters. The summed E-state index contributed by atoms with van der Waals surface area (Å²) in [6, 6.07) is 12.9. The van der Waals surface area contributed by atoms with E-state index in [1.807, 2.05) is 45.0 Å². The number of carbonyl (C=O) groups excluding carboxylic acids is 1. The fourth-order valence-corrected chi connectivity index (χ4v) is 4.68. The van der Waals surface area contributed by atoms with Gasteiger partial charge in [0, 0.05) is 17.9 Å². The molecule has 8 heteroatoms. The average molecular weight is 388 g/mol. The molecule has 4 N–H and O–H groups in total. The summed E-state index contributed by atoms with van der Waals surface area (Å²) >= 11 is 0. The monoisotopic (exact) mass is 388 g/mol. The molecule has 0 spiro atoms. The predicted octanol–water partition coefficient (Wildman–Crippen LogP) is 2.04. The van der Waals surface area contributed by atoms with Gasteiger partial charge in [-0.3, -0.25) is 14.9 Å². The Morgan fingerprint density at radius 3 is 2.33 bits per heavy atom. The average Bonchev–Trinajstić information content (AvgIpc) is 3.04. The largest absolute Gasteiger partial charge is 0.326 e. The molecule has 2 aromatic carbocycles. The number of nitrogens with one attached hydrogen (secondary N) is 4. The first-order valence-electron chi connectivity index (χ1n) is 8.70. The zero-order valence-electron chi connectivity index (χ0n) is 15.5. The van der Waals surface area contributed by atoms with Gasteiger partial charge >= 0.3 is 0 Å². The van der Waals surface area contributed by atoms with Gasteiger partial charge in [-0.2, -0.15) is 0 Å². The quantitative estimate of drug-likeness (QED) is 0.628. The van der Waals surface area contributed by atoms with E-state index in [9.17, 15) is 13.2 Å². The molecule has 144 valence electrons. The van der Waals surface area contributed by atoms with Crippen LogP contribution in [0, 0.1) is 26.7 Å². The molecule has 1 amide bonds. The van der Waals surface area contributed by atoms with Crippen LogP contribution in [-0.4, -0.2) is 26.2 Å². The van der Waals surface area contributed by atoms with Crippen LogP contribution in [0.5, 0.6) is 0 Å². The van der Waals surface area contributed by atoms with Crippen molar-refractivity contribution < 1.29 is 13.2 Å². The van der Waals surface area contributed by atoms with E-state index < -0.39 is 21.3 Å². The second kappa shape index (κ2) is 7.67. The topological polar surface area (TPSA) is 99.3 Å². The Kier molecular flexibility index (Phi) is 5.50. The zero-order chi connectivity index (χ0) is 19.6. The summed E-state index contributed by atoms with van der Waals surface area (Å²) in [6.45, 7) is 5.95. The van der Waals surface area contributed by atoms with Crippen molar-refractivity contribution in [3.05, 3.63) is 59.2 Å². The van der Waals surface area contributed by atoms with Crippen molar-refractivity contribution in [1.82, 2.24) is 10.9 Å². The fraction of sp³-hybridized carbons (Fsp3) is 0.316. The van der Waals surface area contributed by atoms with Gasteiger partial charge in [0.1, 0.15) is 0 Å². The summed E-state index contributed by atoms with van der Waals surface area (Å²) in [5.41, 5.74) is 9.55. The highest BCUT2D eigenvalue weighted by Gasteiger charge is 2.42. The van der Waals surface area contributed by atoms with Crippen LogP contribution in [-0.2, 0) is 14.8 Å². The van der Waals surface area contributed by atoms with E-state index in [4.69, 9.17) is 0 Å². The van der Waals surface area contributed by atoms with E-state index in [2.05, 4.69) is 20.9 Å². The fourth-order valence-electron chi connectivity index (χ4n) is 3.22. The van der Waals surface area contributed by atoms with Crippen LogP contribution >= 0.6 is 0 Å². The van der Waals surface area contributed by atoms with Gasteiger partial charge in [0.05, 0.1) is 5.92 Å². The number of amides is 1. The number of anilines is 2. The maximum Gasteiger partial charge on any atom is 0.250 e. The minimum atomic E-state index is -3.83. The summed E-state index contributed by atoms with van der Waals surface area (Å²) in [5, 5.41) is 1.72. The van der Waals surface area contributed by atoms with Gasteiger partial charge < -0.3 is 5.32 Å². The molecule has 27 heavy (non-hydrogen) atoms. The lowest BCUT2D eigenvalue weighted by molar-refractivity contribution is -0.119. The molecule has 0 radical (unpaired) electrons. The molecule has 0 aromatic heterocycles. The number of carbonyl (C=O) groups is 1. The van der Waals surface area contributed by atoms with Gasteiger partial charge in [-0.05, 0) is 61.7 Å². The van der Waals surface area contributed by atoms with Crippen molar-refractivity contribution in [1.29, 1.82) is 0 Å². The number of rotatable bonds is 5. The number of sulfonamides is 1. The Morgan fingerprint density at radius 2 is 1.67 bits per heavy atom. The molecule has 0 aliphatic carbocycles. The number of benzene rings is 2. The molecule has 0 saturated carbocycles. The maximum atomic E-state index is 12.9. The maximum absolute atomic E-state index is 12.9. The predicted molar refractivity (Wildman–Crippen MR) is 107 cm³/mol. The lowest BCUT2D eigenvalue weighted by Crippen LogP contribution is -2.45. The highest BCUT2D eigenvalue weighted by molar-refractivity contribution is 7.93. The smallest absolute Gasteiger partial charge is 0.250 e. The molecule has 1 aliphatic heterocycles. The molecule has 1 heterocycles. The molecule has 2 aromatic rings. The summed E-state index contributed by atoms with van der Waals surface area (Å²) in [7, 11) is -3.83. The molecule has 3 rings (SSSR count). The van der Waals surface area contributed by atoms with E-state index in [-0.39, 0.29) is 12.5 Å². The van der Waals surface area contributed by atoms with E-state index in [0.29, 0.717) is 11.4 Å². The van der Waals surface area contributed by atoms with Crippen molar-refractivity contribution in [2.45, 2.75) is 26.1 Å². The lowest BCUT2D eigenvalue weighted by atomic mass is 10.1. The minimum Gasteiger partial charge on any atom is -0.326 e. The SMILES string of the molecule is Cc1cccc(NC(=O)C2CNNC2S(=O)(=O)Nc2cc(C)cc(C)c2)c1. The lowest BCUT2D eigenvalue weighted by Gasteiger charge is -2.20. The summed E-state index contributed by atoms with van der Waals surface area (Å²) in [6.07, 6.45) is 0. The van der Waals surface area contributed by atoms with E-state index in [1.165, 1.54) is 0 Å². The van der Waals surface area contributed by atoms with Gasteiger partial charge in [0.15, 0.2) is 5.37 Å². The van der Waals surface area contributed by atoms with Gasteiger partial charge in [-0.25, -0.2) is 13.8 Å². The van der Waals surface area contributed by atoms with E-state index >= 15 is 0 Å². The number of hydrogen-bond acceptors (Lipinski definition) is 5. The third-order valence-corrected chi connectivity index (χ3v) is 6.01. The zero-order valence-corrected chi connectivity index (χ0v) is 16.4. The van der Waals surface area contributed by atoms with E-state index in [1.54, 1.807) is 18.2 Å². The summed E-state index contributed by atoms with van der Waals surface area (Å²) < 4.78 is 28.3. The molecular weight excluding hydrogens is 364 g/mol.